The zero-order chi connectivity index (χ0) is 15.5. The molecule has 0 bridgehead atoms. The number of pyridine rings is 1. The highest BCUT2D eigenvalue weighted by Gasteiger charge is 2.25. The lowest BCUT2D eigenvalue weighted by Crippen LogP contribution is -2.51. The van der Waals surface area contributed by atoms with Crippen LogP contribution in [0.1, 0.15) is 29.9 Å². The molecule has 0 aromatic carbocycles. The van der Waals surface area contributed by atoms with E-state index in [1.54, 1.807) is 17.1 Å². The van der Waals surface area contributed by atoms with Crippen molar-refractivity contribution in [3.8, 4) is 5.82 Å². The van der Waals surface area contributed by atoms with Crippen LogP contribution in [0.3, 0.4) is 0 Å². The smallest absolute Gasteiger partial charge is 0.257 e. The molecule has 1 N–H and O–H groups in total. The Bertz CT molecular complexity index is 652. The Kier molecular flexibility index (Phi) is 4.20. The molecule has 6 nitrogen and oxygen atoms in total. The fourth-order valence-corrected chi connectivity index (χ4v) is 2.86. The van der Waals surface area contributed by atoms with Gasteiger partial charge in [-0.2, -0.15) is 5.10 Å². The van der Waals surface area contributed by atoms with Gasteiger partial charge in [-0.3, -0.25) is 4.79 Å². The third-order valence-electron chi connectivity index (χ3n) is 3.96. The second kappa shape index (κ2) is 6.27. The third kappa shape index (κ3) is 2.74. The topological polar surface area (TPSA) is 63.1 Å². The van der Waals surface area contributed by atoms with Gasteiger partial charge < -0.3 is 10.2 Å². The van der Waals surface area contributed by atoms with Crippen LogP contribution in [0, 0.1) is 0 Å². The minimum atomic E-state index is 0.0624. The third-order valence-corrected chi connectivity index (χ3v) is 3.96. The van der Waals surface area contributed by atoms with Gasteiger partial charge in [-0.15, -0.1) is 0 Å². The molecule has 1 aliphatic rings. The first-order chi connectivity index (χ1) is 10.7. The summed E-state index contributed by atoms with van der Waals surface area (Å²) in [5.41, 5.74) is 1.59. The molecule has 6 heteroatoms. The summed E-state index contributed by atoms with van der Waals surface area (Å²) in [5.74, 6) is 0.805. The van der Waals surface area contributed by atoms with Crippen LogP contribution in [0.5, 0.6) is 0 Å². The van der Waals surface area contributed by atoms with Crippen LogP contribution in [0.15, 0.2) is 30.6 Å². The molecule has 1 fully saturated rings. The highest BCUT2D eigenvalue weighted by atomic mass is 16.2. The van der Waals surface area contributed by atoms with Crippen LogP contribution in [0.2, 0.25) is 0 Å². The molecule has 0 aliphatic carbocycles. The Labute approximate surface area is 130 Å². The summed E-state index contributed by atoms with van der Waals surface area (Å²) >= 11 is 0. The first-order valence-electron chi connectivity index (χ1n) is 7.71. The molecular weight excluding hydrogens is 278 g/mol. The van der Waals surface area contributed by atoms with E-state index in [9.17, 15) is 4.79 Å². The fourth-order valence-electron chi connectivity index (χ4n) is 2.86. The minimum Gasteiger partial charge on any atom is -0.336 e. The summed E-state index contributed by atoms with van der Waals surface area (Å²) in [6, 6.07) is 6.01. The SMILES string of the molecule is CCc1c(C(=O)N2CCNC(C)C2)cnn1-c1ccccn1. The number of aromatic nitrogens is 3. The van der Waals surface area contributed by atoms with Gasteiger partial charge in [-0.25, -0.2) is 9.67 Å². The number of piperazine rings is 1. The predicted octanol–water partition coefficient (Wildman–Crippen LogP) is 1.26. The lowest BCUT2D eigenvalue weighted by atomic mass is 10.1. The summed E-state index contributed by atoms with van der Waals surface area (Å²) in [4.78, 5) is 19.0. The van der Waals surface area contributed by atoms with Crippen molar-refractivity contribution in [2.45, 2.75) is 26.3 Å². The van der Waals surface area contributed by atoms with E-state index in [-0.39, 0.29) is 5.91 Å². The van der Waals surface area contributed by atoms with E-state index in [1.165, 1.54) is 0 Å². The highest BCUT2D eigenvalue weighted by Crippen LogP contribution is 2.17. The van der Waals surface area contributed by atoms with Crippen LogP contribution in [-0.4, -0.2) is 51.2 Å². The van der Waals surface area contributed by atoms with Gasteiger partial charge in [0.05, 0.1) is 17.5 Å². The van der Waals surface area contributed by atoms with Crippen molar-refractivity contribution in [2.24, 2.45) is 0 Å². The van der Waals surface area contributed by atoms with Gasteiger partial charge in [-0.1, -0.05) is 13.0 Å². The van der Waals surface area contributed by atoms with Gasteiger partial charge in [0, 0.05) is 31.9 Å². The van der Waals surface area contributed by atoms with E-state index in [0.717, 1.165) is 37.6 Å². The second-order valence-corrected chi connectivity index (χ2v) is 5.56. The molecule has 0 saturated carbocycles. The molecule has 1 saturated heterocycles. The van der Waals surface area contributed by atoms with E-state index in [2.05, 4.69) is 22.3 Å². The number of hydrogen-bond acceptors (Lipinski definition) is 4. The molecule has 2 aromatic heterocycles. The summed E-state index contributed by atoms with van der Waals surface area (Å²) in [5, 5.41) is 7.74. The molecular formula is C16H21N5O. The highest BCUT2D eigenvalue weighted by molar-refractivity contribution is 5.95. The molecule has 1 unspecified atom stereocenters. The first kappa shape index (κ1) is 14.7. The monoisotopic (exact) mass is 299 g/mol. The molecule has 0 radical (unpaired) electrons. The minimum absolute atomic E-state index is 0.0624. The predicted molar refractivity (Wildman–Crippen MR) is 84.1 cm³/mol. The van der Waals surface area contributed by atoms with E-state index in [0.29, 0.717) is 11.6 Å². The van der Waals surface area contributed by atoms with E-state index in [4.69, 9.17) is 0 Å². The Morgan fingerprint density at radius 3 is 3.00 bits per heavy atom. The van der Waals surface area contributed by atoms with Gasteiger partial charge >= 0.3 is 0 Å². The van der Waals surface area contributed by atoms with Crippen LogP contribution in [0.25, 0.3) is 5.82 Å². The van der Waals surface area contributed by atoms with Crippen molar-refractivity contribution in [1.82, 2.24) is 25.0 Å². The first-order valence-corrected chi connectivity index (χ1v) is 7.71. The summed E-state index contributed by atoms with van der Waals surface area (Å²) in [6.07, 6.45) is 4.14. The molecule has 3 heterocycles. The van der Waals surface area contributed by atoms with Crippen LogP contribution in [-0.2, 0) is 6.42 Å². The van der Waals surface area contributed by atoms with Gasteiger partial charge in [0.25, 0.3) is 5.91 Å². The number of amides is 1. The second-order valence-electron chi connectivity index (χ2n) is 5.56. The number of carbonyl (C=O) groups is 1. The quantitative estimate of drug-likeness (QED) is 0.927. The average molecular weight is 299 g/mol. The molecule has 0 spiro atoms. The van der Waals surface area contributed by atoms with Crippen molar-refractivity contribution < 1.29 is 4.79 Å². The lowest BCUT2D eigenvalue weighted by Gasteiger charge is -2.31. The molecule has 3 rings (SSSR count). The number of nitrogens with zero attached hydrogens (tertiary/aromatic N) is 4. The normalized spacial score (nSPS) is 18.5. The Balaban J connectivity index is 1.91. The van der Waals surface area contributed by atoms with Gasteiger partial charge in [0.2, 0.25) is 0 Å². The Hall–Kier alpha value is -2.21. The Morgan fingerprint density at radius 1 is 1.45 bits per heavy atom. The van der Waals surface area contributed by atoms with Crippen LogP contribution < -0.4 is 5.32 Å². The average Bonchev–Trinajstić information content (AvgIpc) is 2.98. The van der Waals surface area contributed by atoms with Crippen molar-refractivity contribution in [2.75, 3.05) is 19.6 Å². The molecule has 1 atom stereocenters. The van der Waals surface area contributed by atoms with Crippen molar-refractivity contribution >= 4 is 5.91 Å². The standard InChI is InChI=1S/C16H21N5O/c1-3-14-13(16(22)20-9-8-17-12(2)11-20)10-19-21(14)15-6-4-5-7-18-15/h4-7,10,12,17H,3,8-9,11H2,1-2H3. The van der Waals surface area contributed by atoms with Crippen LogP contribution in [0.4, 0.5) is 0 Å². The van der Waals surface area contributed by atoms with Crippen molar-refractivity contribution in [3.63, 3.8) is 0 Å². The van der Waals surface area contributed by atoms with Crippen molar-refractivity contribution in [1.29, 1.82) is 0 Å². The number of nitrogens with one attached hydrogen (secondary N) is 1. The number of carbonyl (C=O) groups excluding carboxylic acids is 1. The maximum Gasteiger partial charge on any atom is 0.257 e. The van der Waals surface area contributed by atoms with E-state index < -0.39 is 0 Å². The summed E-state index contributed by atoms with van der Waals surface area (Å²) < 4.78 is 1.76. The van der Waals surface area contributed by atoms with E-state index in [1.807, 2.05) is 30.0 Å². The molecule has 2 aromatic rings. The molecule has 22 heavy (non-hydrogen) atoms. The number of rotatable bonds is 3. The molecule has 1 amide bonds. The molecule has 116 valence electrons. The Morgan fingerprint density at radius 2 is 2.32 bits per heavy atom. The largest absolute Gasteiger partial charge is 0.336 e. The maximum absolute atomic E-state index is 12.8. The zero-order valence-electron chi connectivity index (χ0n) is 13.0. The summed E-state index contributed by atoms with van der Waals surface area (Å²) in [6.45, 7) is 6.44. The maximum atomic E-state index is 12.8. The van der Waals surface area contributed by atoms with Gasteiger partial charge in [0.1, 0.15) is 0 Å². The van der Waals surface area contributed by atoms with Gasteiger partial charge in [0.15, 0.2) is 5.82 Å². The van der Waals surface area contributed by atoms with Gasteiger partial charge in [-0.05, 0) is 25.5 Å². The lowest BCUT2D eigenvalue weighted by molar-refractivity contribution is 0.0708. The molecule has 1 aliphatic heterocycles. The number of hydrogen-bond donors (Lipinski definition) is 1. The van der Waals surface area contributed by atoms with Crippen molar-refractivity contribution in [3.05, 3.63) is 41.9 Å². The summed E-state index contributed by atoms with van der Waals surface area (Å²) in [7, 11) is 0. The van der Waals surface area contributed by atoms with Crippen LogP contribution >= 0.6 is 0 Å². The van der Waals surface area contributed by atoms with E-state index >= 15 is 0 Å². The fraction of sp³-hybridized carbons (Fsp3) is 0.438. The zero-order valence-corrected chi connectivity index (χ0v) is 13.0.